The van der Waals surface area contributed by atoms with Gasteiger partial charge in [-0.25, -0.2) is 9.78 Å². The Morgan fingerprint density at radius 2 is 2.00 bits per heavy atom. The lowest BCUT2D eigenvalue weighted by Crippen LogP contribution is -2.48. The average Bonchev–Trinajstić information content (AvgIpc) is 3.09. The molecule has 158 valence electrons. The molecule has 2 amide bonds. The molecular weight excluding hydrogens is 406 g/mol. The Balaban J connectivity index is 1.68. The number of hydrogen-bond donors (Lipinski definition) is 5. The zero-order chi connectivity index (χ0) is 21.3. The fraction of sp³-hybridized carbons (Fsp3) is 0.381. The molecular formula is C21H24ClN5O3. The number of carbonyl (C=O) groups excluding carboxylic acids is 1. The highest BCUT2D eigenvalue weighted by molar-refractivity contribution is 6.34. The highest BCUT2D eigenvalue weighted by Crippen LogP contribution is 2.36. The van der Waals surface area contributed by atoms with Crippen molar-refractivity contribution >= 4 is 40.9 Å². The second kappa shape index (κ2) is 8.39. The van der Waals surface area contributed by atoms with Gasteiger partial charge in [-0.05, 0) is 37.5 Å². The van der Waals surface area contributed by atoms with Gasteiger partial charge < -0.3 is 26.4 Å². The number of anilines is 3. The number of fused-ring (bicyclic) bond motifs is 1. The van der Waals surface area contributed by atoms with E-state index in [-0.39, 0.29) is 18.0 Å². The summed E-state index contributed by atoms with van der Waals surface area (Å²) in [6.45, 7) is 2.32. The van der Waals surface area contributed by atoms with Gasteiger partial charge in [0.25, 0.3) is 5.91 Å². The number of carboxylic acid groups (broad SMARTS) is 1. The maximum absolute atomic E-state index is 12.4. The fourth-order valence-corrected chi connectivity index (χ4v) is 4.39. The van der Waals surface area contributed by atoms with E-state index in [4.69, 9.17) is 16.7 Å². The van der Waals surface area contributed by atoms with Crippen LogP contribution in [0.4, 0.5) is 22.1 Å². The van der Waals surface area contributed by atoms with Crippen molar-refractivity contribution in [3.63, 3.8) is 0 Å². The van der Waals surface area contributed by atoms with Crippen LogP contribution in [0.25, 0.3) is 0 Å². The molecule has 8 nitrogen and oxygen atoms in total. The summed E-state index contributed by atoms with van der Waals surface area (Å²) >= 11 is 6.61. The van der Waals surface area contributed by atoms with Crippen molar-refractivity contribution in [3.8, 4) is 0 Å². The normalized spacial score (nSPS) is 20.3. The van der Waals surface area contributed by atoms with Gasteiger partial charge in [-0.15, -0.1) is 0 Å². The number of benzene rings is 1. The fourth-order valence-electron chi connectivity index (χ4n) is 4.14. The van der Waals surface area contributed by atoms with Crippen molar-refractivity contribution in [3.05, 3.63) is 46.0 Å². The van der Waals surface area contributed by atoms with Gasteiger partial charge in [-0.3, -0.25) is 4.79 Å². The van der Waals surface area contributed by atoms with E-state index < -0.39 is 6.09 Å². The molecule has 1 saturated carbocycles. The second-order valence-corrected chi connectivity index (χ2v) is 8.12. The van der Waals surface area contributed by atoms with Crippen LogP contribution in [0.3, 0.4) is 0 Å². The summed E-state index contributed by atoms with van der Waals surface area (Å²) in [6, 6.07) is 7.44. The summed E-state index contributed by atoms with van der Waals surface area (Å²) in [5.74, 6) is 0.659. The van der Waals surface area contributed by atoms with Crippen LogP contribution in [-0.4, -0.2) is 34.2 Å². The quantitative estimate of drug-likeness (QED) is 0.490. The van der Waals surface area contributed by atoms with Crippen molar-refractivity contribution in [1.29, 1.82) is 0 Å². The predicted molar refractivity (Wildman–Crippen MR) is 116 cm³/mol. The molecule has 1 aromatic heterocycles. The van der Waals surface area contributed by atoms with Crippen LogP contribution in [0.5, 0.6) is 0 Å². The van der Waals surface area contributed by atoms with E-state index in [9.17, 15) is 9.59 Å². The standard InChI is InChI=1S/C21H24ClN5O3/c1-11-5-4-6-12(9-11)24-18-16-13(10-23-20(16)28)17(22)19(27-18)25-14-7-2-3-8-15(14)26-21(29)30/h4-6,9,14-15,26H,2-3,7-8,10H2,1H3,(H,23,28)(H,29,30)(H2,24,25,27). The van der Waals surface area contributed by atoms with E-state index >= 15 is 0 Å². The zero-order valence-electron chi connectivity index (χ0n) is 16.6. The highest BCUT2D eigenvalue weighted by atomic mass is 35.5. The minimum absolute atomic E-state index is 0.130. The molecule has 2 aromatic rings. The largest absolute Gasteiger partial charge is 0.465 e. The number of nitrogens with zero attached hydrogens (tertiary/aromatic N) is 1. The summed E-state index contributed by atoms with van der Waals surface area (Å²) < 4.78 is 0. The molecule has 2 unspecified atom stereocenters. The summed E-state index contributed by atoms with van der Waals surface area (Å²) in [4.78, 5) is 28.2. The van der Waals surface area contributed by atoms with E-state index in [1.54, 1.807) is 0 Å². The van der Waals surface area contributed by atoms with E-state index in [0.29, 0.717) is 34.3 Å². The SMILES string of the molecule is Cc1cccc(Nc2nc(NC3CCCCC3NC(=O)O)c(Cl)c3c2C(=O)NC3)c1. The Labute approximate surface area is 179 Å². The van der Waals surface area contributed by atoms with Gasteiger partial charge in [-0.2, -0.15) is 0 Å². The third kappa shape index (κ3) is 4.14. The first-order valence-electron chi connectivity index (χ1n) is 10.0. The number of pyridine rings is 1. The summed E-state index contributed by atoms with van der Waals surface area (Å²) in [5, 5.41) is 21.5. The minimum atomic E-state index is -1.04. The molecule has 9 heteroatoms. The van der Waals surface area contributed by atoms with Gasteiger partial charge >= 0.3 is 6.09 Å². The van der Waals surface area contributed by atoms with Crippen molar-refractivity contribution in [2.45, 2.75) is 51.2 Å². The average molecular weight is 430 g/mol. The van der Waals surface area contributed by atoms with Gasteiger partial charge in [0, 0.05) is 23.8 Å². The molecule has 2 heterocycles. The Kier molecular flexibility index (Phi) is 5.67. The smallest absolute Gasteiger partial charge is 0.404 e. The third-order valence-electron chi connectivity index (χ3n) is 5.57. The van der Waals surface area contributed by atoms with Crippen LogP contribution in [0, 0.1) is 6.92 Å². The first kappa shape index (κ1) is 20.3. The molecule has 1 fully saturated rings. The van der Waals surface area contributed by atoms with E-state index in [1.807, 2.05) is 31.2 Å². The molecule has 1 aliphatic carbocycles. The van der Waals surface area contributed by atoms with Crippen LogP contribution in [0.15, 0.2) is 24.3 Å². The highest BCUT2D eigenvalue weighted by Gasteiger charge is 2.32. The van der Waals surface area contributed by atoms with Crippen LogP contribution in [0.1, 0.15) is 47.2 Å². The van der Waals surface area contributed by atoms with E-state index in [0.717, 1.165) is 36.9 Å². The van der Waals surface area contributed by atoms with Gasteiger partial charge in [0.1, 0.15) is 11.6 Å². The lowest BCUT2D eigenvalue weighted by Gasteiger charge is -2.32. The maximum Gasteiger partial charge on any atom is 0.404 e. The molecule has 4 rings (SSSR count). The van der Waals surface area contributed by atoms with Crippen LogP contribution in [-0.2, 0) is 6.54 Å². The number of rotatable bonds is 5. The predicted octanol–water partition coefficient (Wildman–Crippen LogP) is 4.02. The number of halogens is 1. The van der Waals surface area contributed by atoms with Crippen molar-refractivity contribution in [2.24, 2.45) is 0 Å². The molecule has 30 heavy (non-hydrogen) atoms. The molecule has 1 aliphatic heterocycles. The Morgan fingerprint density at radius 1 is 1.23 bits per heavy atom. The number of aryl methyl sites for hydroxylation is 1. The van der Waals surface area contributed by atoms with E-state index in [2.05, 4.69) is 26.3 Å². The number of aromatic nitrogens is 1. The first-order chi connectivity index (χ1) is 14.4. The maximum atomic E-state index is 12.4. The van der Waals surface area contributed by atoms with Crippen LogP contribution < -0.4 is 21.3 Å². The van der Waals surface area contributed by atoms with Crippen LogP contribution in [0.2, 0.25) is 5.02 Å². The van der Waals surface area contributed by atoms with Gasteiger partial charge in [0.15, 0.2) is 0 Å². The van der Waals surface area contributed by atoms with Gasteiger partial charge in [0.2, 0.25) is 0 Å². The summed E-state index contributed by atoms with van der Waals surface area (Å²) in [5.41, 5.74) is 3.03. The van der Waals surface area contributed by atoms with Crippen molar-refractivity contribution < 1.29 is 14.7 Å². The van der Waals surface area contributed by atoms with Crippen LogP contribution >= 0.6 is 11.6 Å². The topological polar surface area (TPSA) is 115 Å². The Morgan fingerprint density at radius 3 is 2.73 bits per heavy atom. The summed E-state index contributed by atoms with van der Waals surface area (Å²) in [6.07, 6.45) is 2.47. The number of carbonyl (C=O) groups is 2. The monoisotopic (exact) mass is 429 g/mol. The Hall–Kier alpha value is -3.00. The molecule has 0 saturated heterocycles. The lowest BCUT2D eigenvalue weighted by molar-refractivity contribution is 0.0966. The van der Waals surface area contributed by atoms with Crippen molar-refractivity contribution in [1.82, 2.24) is 15.6 Å². The molecule has 2 aliphatic rings. The number of amides is 2. The van der Waals surface area contributed by atoms with Gasteiger partial charge in [0.05, 0.1) is 16.6 Å². The van der Waals surface area contributed by atoms with E-state index in [1.165, 1.54) is 0 Å². The second-order valence-electron chi connectivity index (χ2n) is 7.74. The molecule has 0 spiro atoms. The molecule has 1 aromatic carbocycles. The summed E-state index contributed by atoms with van der Waals surface area (Å²) in [7, 11) is 0. The molecule has 0 radical (unpaired) electrons. The molecule has 2 atom stereocenters. The minimum Gasteiger partial charge on any atom is -0.465 e. The number of nitrogens with one attached hydrogen (secondary N) is 4. The van der Waals surface area contributed by atoms with Crippen molar-refractivity contribution in [2.75, 3.05) is 10.6 Å². The lowest BCUT2D eigenvalue weighted by atomic mass is 9.90. The molecule has 5 N–H and O–H groups in total. The third-order valence-corrected chi connectivity index (χ3v) is 5.97. The number of hydrogen-bond acceptors (Lipinski definition) is 5. The first-order valence-corrected chi connectivity index (χ1v) is 10.4. The Bertz CT molecular complexity index is 997. The zero-order valence-corrected chi connectivity index (χ0v) is 17.3. The van der Waals surface area contributed by atoms with Gasteiger partial charge in [-0.1, -0.05) is 36.6 Å². The molecule has 0 bridgehead atoms.